The third kappa shape index (κ3) is 4.66. The number of anilines is 2. The van der Waals surface area contributed by atoms with E-state index in [0.717, 1.165) is 80.3 Å². The Bertz CT molecular complexity index is 1150. The average molecular weight is 471 g/mol. The van der Waals surface area contributed by atoms with Crippen molar-refractivity contribution in [2.75, 3.05) is 42.6 Å². The smallest absolute Gasteiger partial charge is 0.151 e. The van der Waals surface area contributed by atoms with Crippen LogP contribution in [-0.2, 0) is 17.7 Å². The summed E-state index contributed by atoms with van der Waals surface area (Å²) in [6.07, 6.45) is 4.47. The zero-order valence-electron chi connectivity index (χ0n) is 18.2. The highest BCUT2D eigenvalue weighted by Gasteiger charge is 2.23. The van der Waals surface area contributed by atoms with Gasteiger partial charge in [0, 0.05) is 43.0 Å². The Morgan fingerprint density at radius 1 is 1.00 bits per heavy atom. The Hall–Kier alpha value is -2.77. The van der Waals surface area contributed by atoms with Crippen LogP contribution in [0.15, 0.2) is 42.6 Å². The van der Waals surface area contributed by atoms with Gasteiger partial charge in [-0.2, -0.15) is 0 Å². The van der Waals surface area contributed by atoms with Crippen molar-refractivity contribution in [3.63, 3.8) is 0 Å². The summed E-state index contributed by atoms with van der Waals surface area (Å²) in [5, 5.41) is -0.178. The number of fused-ring (bicyclic) bond motifs is 1. The number of hydrogen-bond donors (Lipinski definition) is 0. The van der Waals surface area contributed by atoms with E-state index in [2.05, 4.69) is 17.0 Å². The van der Waals surface area contributed by atoms with Crippen LogP contribution in [0.4, 0.5) is 20.3 Å². The molecule has 3 aromatic rings. The highest BCUT2D eigenvalue weighted by Crippen LogP contribution is 2.31. The summed E-state index contributed by atoms with van der Waals surface area (Å²) in [6, 6.07) is 10.4. The standard InChI is InChI=1S/C25H25ClF2N4O/c26-24-19(20(27)7-8-21(24)28)16-32-9-2-1-6-22-25(32)30-23(15-29-22)17-4-3-5-18(14-17)31-10-12-33-13-11-31/h3-5,7-8,14-15H,1-2,6,9-13,16H2. The van der Waals surface area contributed by atoms with Crippen molar-refractivity contribution in [3.05, 3.63) is 70.5 Å². The van der Waals surface area contributed by atoms with Crippen molar-refractivity contribution in [2.24, 2.45) is 0 Å². The molecular weight excluding hydrogens is 446 g/mol. The first-order valence-electron chi connectivity index (χ1n) is 11.3. The van der Waals surface area contributed by atoms with Crippen LogP contribution in [0.25, 0.3) is 11.3 Å². The first-order valence-corrected chi connectivity index (χ1v) is 11.6. The highest BCUT2D eigenvalue weighted by atomic mass is 35.5. The summed E-state index contributed by atoms with van der Waals surface area (Å²) < 4.78 is 34.0. The zero-order chi connectivity index (χ0) is 22.8. The number of benzene rings is 2. The zero-order valence-corrected chi connectivity index (χ0v) is 19.0. The molecule has 2 aromatic carbocycles. The molecule has 0 unspecified atom stereocenters. The first kappa shape index (κ1) is 22.0. The molecular formula is C25H25ClF2N4O. The van der Waals surface area contributed by atoms with E-state index in [-0.39, 0.29) is 17.1 Å². The van der Waals surface area contributed by atoms with Gasteiger partial charge in [-0.05, 0) is 43.5 Å². The molecule has 0 amide bonds. The second kappa shape index (κ2) is 9.61. The average Bonchev–Trinajstić information content (AvgIpc) is 3.06. The molecule has 0 bridgehead atoms. The van der Waals surface area contributed by atoms with E-state index in [4.69, 9.17) is 26.3 Å². The normalized spacial score (nSPS) is 16.5. The first-order chi connectivity index (χ1) is 16.1. The van der Waals surface area contributed by atoms with Gasteiger partial charge in [0.05, 0.1) is 35.8 Å². The van der Waals surface area contributed by atoms with Crippen LogP contribution in [0, 0.1) is 11.6 Å². The third-order valence-corrected chi connectivity index (χ3v) is 6.63. The minimum absolute atomic E-state index is 0.140. The lowest BCUT2D eigenvalue weighted by Gasteiger charge is -2.29. The van der Waals surface area contributed by atoms with Crippen LogP contribution in [0.1, 0.15) is 24.1 Å². The second-order valence-corrected chi connectivity index (χ2v) is 8.75. The fourth-order valence-electron chi connectivity index (χ4n) is 4.42. The molecule has 5 rings (SSSR count). The Labute approximate surface area is 197 Å². The van der Waals surface area contributed by atoms with E-state index in [9.17, 15) is 8.78 Å². The van der Waals surface area contributed by atoms with Gasteiger partial charge in [-0.3, -0.25) is 4.98 Å². The van der Waals surface area contributed by atoms with E-state index in [1.807, 2.05) is 17.0 Å². The Morgan fingerprint density at radius 2 is 1.82 bits per heavy atom. The molecule has 2 aliphatic rings. The predicted octanol–water partition coefficient (Wildman–Crippen LogP) is 5.25. The molecule has 0 spiro atoms. The maximum Gasteiger partial charge on any atom is 0.151 e. The van der Waals surface area contributed by atoms with E-state index < -0.39 is 11.6 Å². The van der Waals surface area contributed by atoms with Crippen molar-refractivity contribution >= 4 is 23.1 Å². The van der Waals surface area contributed by atoms with Crippen molar-refractivity contribution in [1.29, 1.82) is 0 Å². The van der Waals surface area contributed by atoms with Gasteiger partial charge >= 0.3 is 0 Å². The van der Waals surface area contributed by atoms with Crippen molar-refractivity contribution < 1.29 is 13.5 Å². The topological polar surface area (TPSA) is 41.5 Å². The summed E-state index contributed by atoms with van der Waals surface area (Å²) >= 11 is 6.11. The number of rotatable bonds is 4. The second-order valence-electron chi connectivity index (χ2n) is 8.38. The molecule has 5 nitrogen and oxygen atoms in total. The largest absolute Gasteiger partial charge is 0.378 e. The molecule has 0 radical (unpaired) electrons. The lowest BCUT2D eigenvalue weighted by molar-refractivity contribution is 0.122. The van der Waals surface area contributed by atoms with Gasteiger partial charge in [0.15, 0.2) is 5.82 Å². The third-order valence-electron chi connectivity index (χ3n) is 6.22. The van der Waals surface area contributed by atoms with E-state index >= 15 is 0 Å². The molecule has 8 heteroatoms. The number of aromatic nitrogens is 2. The molecule has 0 N–H and O–H groups in total. The molecule has 33 heavy (non-hydrogen) atoms. The Balaban J connectivity index is 1.49. The van der Waals surface area contributed by atoms with Crippen molar-refractivity contribution in [3.8, 4) is 11.3 Å². The Kier molecular flexibility index (Phi) is 6.42. The van der Waals surface area contributed by atoms with Crippen LogP contribution >= 0.6 is 11.6 Å². The summed E-state index contributed by atoms with van der Waals surface area (Å²) in [5.41, 5.74) is 3.85. The maximum atomic E-state index is 14.5. The Morgan fingerprint density at radius 3 is 2.67 bits per heavy atom. The quantitative estimate of drug-likeness (QED) is 0.487. The summed E-state index contributed by atoms with van der Waals surface area (Å²) in [4.78, 5) is 13.9. The monoisotopic (exact) mass is 470 g/mol. The number of halogens is 3. The maximum absolute atomic E-state index is 14.5. The van der Waals surface area contributed by atoms with Crippen LogP contribution in [0.2, 0.25) is 5.02 Å². The molecule has 0 aliphatic carbocycles. The van der Waals surface area contributed by atoms with Crippen molar-refractivity contribution in [1.82, 2.24) is 9.97 Å². The lowest BCUT2D eigenvalue weighted by atomic mass is 10.1. The van der Waals surface area contributed by atoms with Crippen LogP contribution < -0.4 is 9.80 Å². The molecule has 0 atom stereocenters. The van der Waals surface area contributed by atoms with Gasteiger partial charge < -0.3 is 14.5 Å². The van der Waals surface area contributed by atoms with Gasteiger partial charge in [0.2, 0.25) is 0 Å². The summed E-state index contributed by atoms with van der Waals surface area (Å²) in [7, 11) is 0. The van der Waals surface area contributed by atoms with Gasteiger partial charge in [-0.1, -0.05) is 23.7 Å². The van der Waals surface area contributed by atoms with Crippen LogP contribution in [0.3, 0.4) is 0 Å². The van der Waals surface area contributed by atoms with Gasteiger partial charge in [-0.25, -0.2) is 13.8 Å². The lowest BCUT2D eigenvalue weighted by Crippen LogP contribution is -2.36. The molecule has 0 saturated carbocycles. The molecule has 1 fully saturated rings. The predicted molar refractivity (Wildman–Crippen MR) is 126 cm³/mol. The minimum atomic E-state index is -0.622. The molecule has 172 valence electrons. The minimum Gasteiger partial charge on any atom is -0.378 e. The van der Waals surface area contributed by atoms with E-state index in [1.165, 1.54) is 0 Å². The van der Waals surface area contributed by atoms with Gasteiger partial charge in [-0.15, -0.1) is 0 Å². The van der Waals surface area contributed by atoms with Crippen molar-refractivity contribution in [2.45, 2.75) is 25.8 Å². The fourth-order valence-corrected chi connectivity index (χ4v) is 4.63. The number of morpholine rings is 1. The number of aryl methyl sites for hydroxylation is 1. The summed E-state index contributed by atoms with van der Waals surface area (Å²) in [6.45, 7) is 3.96. The van der Waals surface area contributed by atoms with E-state index in [1.54, 1.807) is 6.20 Å². The highest BCUT2D eigenvalue weighted by molar-refractivity contribution is 6.31. The number of ether oxygens (including phenoxy) is 1. The molecule has 2 aliphatic heterocycles. The fraction of sp³-hybridized carbons (Fsp3) is 0.360. The molecule has 3 heterocycles. The number of hydrogen-bond acceptors (Lipinski definition) is 5. The van der Waals surface area contributed by atoms with Gasteiger partial charge in [0.25, 0.3) is 0 Å². The summed E-state index contributed by atoms with van der Waals surface area (Å²) in [5.74, 6) is -0.432. The molecule has 1 aromatic heterocycles. The molecule has 1 saturated heterocycles. The van der Waals surface area contributed by atoms with E-state index in [0.29, 0.717) is 12.4 Å². The van der Waals surface area contributed by atoms with Crippen LogP contribution in [-0.4, -0.2) is 42.8 Å². The van der Waals surface area contributed by atoms with Gasteiger partial charge in [0.1, 0.15) is 11.6 Å². The van der Waals surface area contributed by atoms with Crippen LogP contribution in [0.5, 0.6) is 0 Å². The number of nitrogens with zero attached hydrogens (tertiary/aromatic N) is 4. The SMILES string of the molecule is Fc1ccc(F)c(CN2CCCCc3ncc(-c4cccc(N5CCOCC5)c4)nc32)c1Cl.